The second-order valence-corrected chi connectivity index (χ2v) is 4.50. The van der Waals surface area contributed by atoms with Crippen LogP contribution in [0, 0.1) is 6.92 Å². The van der Waals surface area contributed by atoms with E-state index in [9.17, 15) is 0 Å². The highest BCUT2D eigenvalue weighted by Crippen LogP contribution is 2.29. The molecule has 0 radical (unpaired) electrons. The van der Waals surface area contributed by atoms with Gasteiger partial charge in [0.15, 0.2) is 6.10 Å². The smallest absolute Gasteiger partial charge is 0.157 e. The van der Waals surface area contributed by atoms with Crippen molar-refractivity contribution >= 4 is 17.2 Å². The summed E-state index contributed by atoms with van der Waals surface area (Å²) in [5.74, 6) is 1.45. The first-order valence-corrected chi connectivity index (χ1v) is 6.33. The molecule has 104 valence electrons. The van der Waals surface area contributed by atoms with Crippen LogP contribution < -0.4 is 21.5 Å². The average Bonchev–Trinajstić information content (AvgIpc) is 2.92. The summed E-state index contributed by atoms with van der Waals surface area (Å²) >= 11 is 0. The molecule has 0 amide bonds. The van der Waals surface area contributed by atoms with Crippen LogP contribution in [0.5, 0.6) is 5.75 Å². The van der Waals surface area contributed by atoms with Gasteiger partial charge in [0.2, 0.25) is 0 Å². The first kappa shape index (κ1) is 13.5. The van der Waals surface area contributed by atoms with Crippen LogP contribution in [0.2, 0.25) is 0 Å². The molecule has 1 aliphatic rings. The maximum absolute atomic E-state index is 9.14. The number of nitrogens with two attached hydrogens (primary N) is 2. The fraction of sp³-hybridized carbons (Fsp3) is 0.462. The van der Waals surface area contributed by atoms with E-state index in [1.165, 1.54) is 0 Å². The number of nitrogen functional groups attached to an aromatic ring is 2. The zero-order chi connectivity index (χ0) is 13.8. The fourth-order valence-electron chi connectivity index (χ4n) is 2.01. The van der Waals surface area contributed by atoms with Gasteiger partial charge in [-0.05, 0) is 19.1 Å². The minimum atomic E-state index is -0.283. The molecule has 0 bridgehead atoms. The molecule has 6 heteroatoms. The maximum Gasteiger partial charge on any atom is 0.157 e. The van der Waals surface area contributed by atoms with Crippen LogP contribution in [0.15, 0.2) is 17.1 Å². The summed E-state index contributed by atoms with van der Waals surface area (Å²) in [6.45, 7) is 3.45. The Morgan fingerprint density at radius 3 is 2.89 bits per heavy atom. The number of aliphatic hydroxyl groups excluding tert-OH is 1. The molecule has 0 saturated carbocycles. The van der Waals surface area contributed by atoms with Gasteiger partial charge in [-0.15, -0.1) is 0 Å². The van der Waals surface area contributed by atoms with Crippen LogP contribution in [0.4, 0.5) is 11.4 Å². The number of benzene rings is 1. The van der Waals surface area contributed by atoms with E-state index < -0.39 is 0 Å². The Morgan fingerprint density at radius 2 is 2.26 bits per heavy atom. The molecular weight excluding hydrogens is 244 g/mol. The predicted molar refractivity (Wildman–Crippen MR) is 76.4 cm³/mol. The quantitative estimate of drug-likeness (QED) is 0.572. The van der Waals surface area contributed by atoms with Crippen molar-refractivity contribution in [2.45, 2.75) is 19.4 Å². The highest BCUT2D eigenvalue weighted by atomic mass is 16.5. The van der Waals surface area contributed by atoms with Crippen LogP contribution in [-0.4, -0.2) is 36.7 Å². The number of amidine groups is 1. The van der Waals surface area contributed by atoms with Crippen LogP contribution in [0.3, 0.4) is 0 Å². The molecule has 2 rings (SSSR count). The molecular formula is C13H20N4O2. The fourth-order valence-corrected chi connectivity index (χ4v) is 2.01. The molecule has 1 atom stereocenters. The minimum absolute atomic E-state index is 0.0366. The van der Waals surface area contributed by atoms with Gasteiger partial charge in [0.1, 0.15) is 11.6 Å². The van der Waals surface area contributed by atoms with E-state index in [2.05, 4.69) is 10.3 Å². The molecule has 1 heterocycles. The summed E-state index contributed by atoms with van der Waals surface area (Å²) < 4.78 is 5.92. The molecule has 0 aromatic heterocycles. The highest BCUT2D eigenvalue weighted by Gasteiger charge is 2.21. The van der Waals surface area contributed by atoms with Crippen molar-refractivity contribution in [3.63, 3.8) is 0 Å². The van der Waals surface area contributed by atoms with E-state index in [-0.39, 0.29) is 12.7 Å². The van der Waals surface area contributed by atoms with Gasteiger partial charge in [0.25, 0.3) is 0 Å². The zero-order valence-corrected chi connectivity index (χ0v) is 11.0. The first-order valence-electron chi connectivity index (χ1n) is 6.33. The summed E-state index contributed by atoms with van der Waals surface area (Å²) in [5.41, 5.74) is 13.5. The second kappa shape index (κ2) is 5.79. The van der Waals surface area contributed by atoms with E-state index in [1.807, 2.05) is 6.92 Å². The minimum Gasteiger partial charge on any atom is -0.482 e. The van der Waals surface area contributed by atoms with E-state index in [0.29, 0.717) is 23.5 Å². The van der Waals surface area contributed by atoms with E-state index in [1.54, 1.807) is 12.1 Å². The van der Waals surface area contributed by atoms with Crippen molar-refractivity contribution in [1.82, 2.24) is 5.32 Å². The predicted octanol–water partition coefficient (Wildman–Crippen LogP) is 0.291. The highest BCUT2D eigenvalue weighted by molar-refractivity contribution is 5.88. The third-order valence-electron chi connectivity index (χ3n) is 3.16. The number of aliphatic imine (C=N–C) groups is 1. The molecule has 19 heavy (non-hydrogen) atoms. The number of ether oxygens (including phenoxy) is 1. The summed E-state index contributed by atoms with van der Waals surface area (Å²) in [6, 6.07) is 3.51. The van der Waals surface area contributed by atoms with Crippen molar-refractivity contribution in [2.24, 2.45) is 4.99 Å². The molecule has 0 saturated heterocycles. The van der Waals surface area contributed by atoms with Gasteiger partial charge in [-0.25, -0.2) is 0 Å². The Bertz CT molecular complexity index is 488. The van der Waals surface area contributed by atoms with Crippen molar-refractivity contribution in [3.8, 4) is 5.75 Å². The van der Waals surface area contributed by atoms with Gasteiger partial charge < -0.3 is 26.6 Å². The number of aliphatic hydroxyl groups is 1. The number of rotatable bonds is 5. The molecule has 1 aromatic carbocycles. The van der Waals surface area contributed by atoms with Gasteiger partial charge in [-0.2, -0.15) is 0 Å². The van der Waals surface area contributed by atoms with Crippen LogP contribution in [0.1, 0.15) is 12.0 Å². The lowest BCUT2D eigenvalue weighted by atomic mass is 10.1. The van der Waals surface area contributed by atoms with Gasteiger partial charge in [0.05, 0.1) is 17.9 Å². The third kappa shape index (κ3) is 2.90. The standard InChI is InChI=1S/C13H20N4O2/c1-8-10(3-2-9(14)12(8)15)19-11(4-7-18)13-16-5-6-17-13/h2-3,11,18H,4-7,14-15H2,1H3,(H,16,17). The average molecular weight is 264 g/mol. The number of hydrogen-bond donors (Lipinski definition) is 4. The molecule has 0 aliphatic carbocycles. The van der Waals surface area contributed by atoms with Crippen molar-refractivity contribution < 1.29 is 9.84 Å². The van der Waals surface area contributed by atoms with Crippen LogP contribution >= 0.6 is 0 Å². The van der Waals surface area contributed by atoms with Gasteiger partial charge in [-0.1, -0.05) is 0 Å². The molecule has 0 fully saturated rings. The lowest BCUT2D eigenvalue weighted by molar-refractivity contribution is 0.198. The Labute approximate surface area is 112 Å². The molecule has 0 spiro atoms. The van der Waals surface area contributed by atoms with Crippen molar-refractivity contribution in [2.75, 3.05) is 31.2 Å². The summed E-state index contributed by atoms with van der Waals surface area (Å²) in [4.78, 5) is 4.33. The van der Waals surface area contributed by atoms with Crippen molar-refractivity contribution in [1.29, 1.82) is 0 Å². The Morgan fingerprint density at radius 1 is 1.47 bits per heavy atom. The number of nitrogens with zero attached hydrogens (tertiary/aromatic N) is 1. The van der Waals surface area contributed by atoms with Crippen LogP contribution in [-0.2, 0) is 0 Å². The summed E-state index contributed by atoms with van der Waals surface area (Å²) in [6.07, 6.45) is 0.199. The molecule has 1 aromatic rings. The molecule has 1 unspecified atom stereocenters. The number of anilines is 2. The number of nitrogens with one attached hydrogen (secondary N) is 1. The summed E-state index contributed by atoms with van der Waals surface area (Å²) in [5, 5.41) is 12.3. The largest absolute Gasteiger partial charge is 0.482 e. The monoisotopic (exact) mass is 264 g/mol. The zero-order valence-electron chi connectivity index (χ0n) is 11.0. The third-order valence-corrected chi connectivity index (χ3v) is 3.16. The Balaban J connectivity index is 2.19. The lowest BCUT2D eigenvalue weighted by Gasteiger charge is -2.21. The van der Waals surface area contributed by atoms with Gasteiger partial charge >= 0.3 is 0 Å². The topological polar surface area (TPSA) is 106 Å². The SMILES string of the molecule is Cc1c(OC(CCO)C2=NCCN2)ccc(N)c1N. The Kier molecular flexibility index (Phi) is 4.11. The van der Waals surface area contributed by atoms with E-state index in [0.717, 1.165) is 24.5 Å². The second-order valence-electron chi connectivity index (χ2n) is 4.50. The summed E-state index contributed by atoms with van der Waals surface area (Å²) in [7, 11) is 0. The molecule has 6 nitrogen and oxygen atoms in total. The first-order chi connectivity index (χ1) is 9.13. The van der Waals surface area contributed by atoms with Crippen molar-refractivity contribution in [3.05, 3.63) is 17.7 Å². The molecule has 6 N–H and O–H groups in total. The molecule has 1 aliphatic heterocycles. The Hall–Kier alpha value is -1.95. The number of hydrogen-bond acceptors (Lipinski definition) is 6. The van der Waals surface area contributed by atoms with Crippen LogP contribution in [0.25, 0.3) is 0 Å². The normalized spacial score (nSPS) is 15.8. The van der Waals surface area contributed by atoms with E-state index >= 15 is 0 Å². The van der Waals surface area contributed by atoms with Gasteiger partial charge in [0, 0.05) is 25.1 Å². The van der Waals surface area contributed by atoms with E-state index in [4.69, 9.17) is 21.3 Å². The maximum atomic E-state index is 9.14. The lowest BCUT2D eigenvalue weighted by Crippen LogP contribution is -2.36. The van der Waals surface area contributed by atoms with Gasteiger partial charge in [-0.3, -0.25) is 4.99 Å².